The van der Waals surface area contributed by atoms with Crippen LogP contribution in [0.15, 0.2) is 72.4 Å². The fraction of sp³-hybridized carbons (Fsp3) is 0.258. The summed E-state index contributed by atoms with van der Waals surface area (Å²) < 4.78 is 9.71. The smallest absolute Gasteiger partial charge is 0.358 e. The van der Waals surface area contributed by atoms with Gasteiger partial charge in [0.25, 0.3) is 5.56 Å². The molecule has 13 heteroatoms. The Labute approximate surface area is 257 Å². The minimum atomic E-state index is -0.565. The van der Waals surface area contributed by atoms with Crippen LogP contribution in [-0.2, 0) is 16.6 Å². The molecule has 6 rings (SSSR count). The lowest BCUT2D eigenvalue weighted by Gasteiger charge is -2.22. The second kappa shape index (κ2) is 11.9. The molecule has 1 aromatic carbocycles. The third kappa shape index (κ3) is 5.51. The van der Waals surface area contributed by atoms with Gasteiger partial charge in [-0.05, 0) is 43.2 Å². The Bertz CT molecular complexity index is 1940. The van der Waals surface area contributed by atoms with Gasteiger partial charge in [-0.3, -0.25) is 23.8 Å². The standard InChI is InChI=1S/C31H29ClN8O4/c1-18-5-4-6-27(23-11-19(9-10-33-23)29-24(37-30(18)42)14-36-38(29)2)40-17-35-22(13-28(40)41)21-12-20(32)7-8-26(21)39-15-25(34-16-39)31(43)44-3/h7-18,27H,4-6H2,1-3H3,(H,37,42)/t18-,27+/m1/s1. The lowest BCUT2D eigenvalue weighted by Crippen LogP contribution is -2.27. The Kier molecular flexibility index (Phi) is 7.83. The number of carbonyl (C=O) groups excluding carboxylic acids is 2. The van der Waals surface area contributed by atoms with Crippen molar-refractivity contribution in [3.05, 3.63) is 94.4 Å². The molecule has 0 aliphatic carbocycles. The highest BCUT2D eigenvalue weighted by Gasteiger charge is 2.24. The topological polar surface area (TPSA) is 139 Å². The number of hydrogen-bond acceptors (Lipinski definition) is 8. The molecule has 224 valence electrons. The second-order valence-electron chi connectivity index (χ2n) is 10.7. The first-order chi connectivity index (χ1) is 21.2. The number of nitrogens with one attached hydrogen (secondary N) is 1. The molecule has 0 saturated carbocycles. The lowest BCUT2D eigenvalue weighted by atomic mass is 9.97. The summed E-state index contributed by atoms with van der Waals surface area (Å²) in [6.07, 6.45) is 9.76. The van der Waals surface area contributed by atoms with Crippen LogP contribution in [0.3, 0.4) is 0 Å². The molecule has 0 spiro atoms. The first-order valence-corrected chi connectivity index (χ1v) is 14.4. The van der Waals surface area contributed by atoms with Crippen molar-refractivity contribution in [3.8, 4) is 28.2 Å². The maximum Gasteiger partial charge on any atom is 0.358 e. The van der Waals surface area contributed by atoms with E-state index in [1.807, 2.05) is 26.1 Å². The summed E-state index contributed by atoms with van der Waals surface area (Å²) in [6.45, 7) is 1.89. The molecule has 0 radical (unpaired) electrons. The number of pyridine rings is 1. The van der Waals surface area contributed by atoms with E-state index in [-0.39, 0.29) is 23.1 Å². The molecule has 0 saturated heterocycles. The molecule has 5 heterocycles. The molecular formula is C31H29ClN8O4. The zero-order chi connectivity index (χ0) is 31.0. The van der Waals surface area contributed by atoms with E-state index in [4.69, 9.17) is 16.3 Å². The maximum absolute atomic E-state index is 13.8. The highest BCUT2D eigenvalue weighted by Crippen LogP contribution is 2.33. The number of benzene rings is 1. The normalized spacial score (nSPS) is 16.8. The van der Waals surface area contributed by atoms with Gasteiger partial charge in [-0.2, -0.15) is 5.10 Å². The van der Waals surface area contributed by atoms with E-state index in [0.29, 0.717) is 52.6 Å². The number of methoxy groups -OCH3 is 1. The Hall–Kier alpha value is -5.10. The predicted molar refractivity (Wildman–Crippen MR) is 164 cm³/mol. The van der Waals surface area contributed by atoms with E-state index in [9.17, 15) is 14.4 Å². The van der Waals surface area contributed by atoms with E-state index >= 15 is 0 Å². The molecule has 0 fully saturated rings. The number of amides is 1. The van der Waals surface area contributed by atoms with Gasteiger partial charge < -0.3 is 14.6 Å². The molecule has 2 atom stereocenters. The average Bonchev–Trinajstić information content (AvgIpc) is 3.65. The van der Waals surface area contributed by atoms with E-state index < -0.39 is 12.0 Å². The molecular weight excluding hydrogens is 584 g/mol. The highest BCUT2D eigenvalue weighted by atomic mass is 35.5. The molecule has 0 unspecified atom stereocenters. The van der Waals surface area contributed by atoms with E-state index in [2.05, 4.69) is 25.4 Å². The lowest BCUT2D eigenvalue weighted by molar-refractivity contribution is -0.119. The van der Waals surface area contributed by atoms with Gasteiger partial charge in [-0.25, -0.2) is 14.8 Å². The molecule has 1 N–H and O–H groups in total. The molecule has 1 aliphatic heterocycles. The summed E-state index contributed by atoms with van der Waals surface area (Å²) in [5, 5.41) is 7.83. The van der Waals surface area contributed by atoms with Gasteiger partial charge in [0.15, 0.2) is 5.69 Å². The quantitative estimate of drug-likeness (QED) is 0.289. The van der Waals surface area contributed by atoms with Crippen LogP contribution in [0.25, 0.3) is 28.2 Å². The number of fused-ring (bicyclic) bond motifs is 4. The number of rotatable bonds is 4. The monoisotopic (exact) mass is 612 g/mol. The van der Waals surface area contributed by atoms with Crippen molar-refractivity contribution < 1.29 is 14.3 Å². The first kappa shape index (κ1) is 29.0. The van der Waals surface area contributed by atoms with Gasteiger partial charge in [-0.1, -0.05) is 24.9 Å². The van der Waals surface area contributed by atoms with Gasteiger partial charge in [0, 0.05) is 47.6 Å². The number of nitrogens with zero attached hydrogens (tertiary/aromatic N) is 7. The summed E-state index contributed by atoms with van der Waals surface area (Å²) >= 11 is 6.36. The fourth-order valence-electron chi connectivity index (χ4n) is 5.48. The van der Waals surface area contributed by atoms with Crippen molar-refractivity contribution in [2.24, 2.45) is 13.0 Å². The number of aryl methyl sites for hydroxylation is 1. The molecule has 1 amide bonds. The largest absolute Gasteiger partial charge is 0.464 e. The first-order valence-electron chi connectivity index (χ1n) is 14.0. The van der Waals surface area contributed by atoms with Crippen LogP contribution in [0, 0.1) is 5.92 Å². The SMILES string of the molecule is COC(=O)c1cn(-c2ccc(Cl)cc2-c2cc(=O)n([C@H]3CCC[C@@H](C)C(=O)Nc4cnn(C)c4-c4ccnc3c4)cn2)cn1. The zero-order valence-corrected chi connectivity index (χ0v) is 25.0. The van der Waals surface area contributed by atoms with E-state index in [1.165, 1.54) is 32.0 Å². The molecule has 2 bridgehead atoms. The van der Waals surface area contributed by atoms with Crippen LogP contribution in [0.2, 0.25) is 5.02 Å². The summed E-state index contributed by atoms with van der Waals surface area (Å²) in [7, 11) is 3.10. The van der Waals surface area contributed by atoms with Crippen LogP contribution >= 0.6 is 11.6 Å². The zero-order valence-electron chi connectivity index (χ0n) is 24.3. The van der Waals surface area contributed by atoms with Crippen molar-refractivity contribution in [3.63, 3.8) is 0 Å². The fourth-order valence-corrected chi connectivity index (χ4v) is 5.65. The van der Waals surface area contributed by atoms with Gasteiger partial charge in [0.2, 0.25) is 5.91 Å². The summed E-state index contributed by atoms with van der Waals surface area (Å²) in [5.74, 6) is -0.886. The van der Waals surface area contributed by atoms with Crippen molar-refractivity contribution in [1.82, 2.24) is 33.9 Å². The number of imidazole rings is 1. The third-order valence-corrected chi connectivity index (χ3v) is 8.05. The molecule has 1 aliphatic rings. The van der Waals surface area contributed by atoms with Gasteiger partial charge in [0.1, 0.15) is 6.33 Å². The summed E-state index contributed by atoms with van der Waals surface area (Å²) in [5.41, 5.74) is 4.35. The van der Waals surface area contributed by atoms with Gasteiger partial charge in [-0.15, -0.1) is 0 Å². The number of halogens is 1. The minimum Gasteiger partial charge on any atom is -0.464 e. The molecule has 12 nitrogen and oxygen atoms in total. The van der Waals surface area contributed by atoms with Gasteiger partial charge >= 0.3 is 5.97 Å². The molecule has 44 heavy (non-hydrogen) atoms. The van der Waals surface area contributed by atoms with Crippen molar-refractivity contribution in [1.29, 1.82) is 0 Å². The number of aromatic nitrogens is 7. The number of anilines is 1. The number of carbonyl (C=O) groups is 2. The van der Waals surface area contributed by atoms with Crippen LogP contribution in [0.4, 0.5) is 5.69 Å². The van der Waals surface area contributed by atoms with Crippen LogP contribution in [-0.4, -0.2) is 52.9 Å². The predicted octanol–water partition coefficient (Wildman–Crippen LogP) is 4.68. The minimum absolute atomic E-state index is 0.0808. The Morgan fingerprint density at radius 2 is 1.91 bits per heavy atom. The number of hydrogen-bond donors (Lipinski definition) is 1. The third-order valence-electron chi connectivity index (χ3n) is 7.82. The maximum atomic E-state index is 13.8. The van der Waals surface area contributed by atoms with Gasteiger partial charge in [0.05, 0.1) is 54.1 Å². The van der Waals surface area contributed by atoms with E-state index in [1.54, 1.807) is 44.4 Å². The average molecular weight is 613 g/mol. The summed E-state index contributed by atoms with van der Waals surface area (Å²) in [6, 6.07) is 10.00. The Morgan fingerprint density at radius 1 is 1.07 bits per heavy atom. The van der Waals surface area contributed by atoms with Crippen LogP contribution in [0.5, 0.6) is 0 Å². The highest BCUT2D eigenvalue weighted by molar-refractivity contribution is 6.31. The van der Waals surface area contributed by atoms with E-state index in [0.717, 1.165) is 11.3 Å². The second-order valence-corrected chi connectivity index (χ2v) is 11.1. The number of esters is 1. The Balaban J connectivity index is 1.42. The van der Waals surface area contributed by atoms with Crippen molar-refractivity contribution in [2.75, 3.05) is 12.4 Å². The summed E-state index contributed by atoms with van der Waals surface area (Å²) in [4.78, 5) is 52.2. The Morgan fingerprint density at radius 3 is 2.70 bits per heavy atom. The molecule has 4 aromatic heterocycles. The van der Waals surface area contributed by atoms with Crippen molar-refractivity contribution >= 4 is 29.2 Å². The molecule has 5 aromatic rings. The van der Waals surface area contributed by atoms with Crippen LogP contribution in [0.1, 0.15) is 48.4 Å². The van der Waals surface area contributed by atoms with Crippen LogP contribution < -0.4 is 10.9 Å². The van der Waals surface area contributed by atoms with Crippen molar-refractivity contribution in [2.45, 2.75) is 32.2 Å². The number of ether oxygens (including phenoxy) is 1.